The standard InChI is InChI=1S/C17H24F3NO3/c1-12-3-4-15(13(2)9-12)24-11-14(22)10-21-7-5-16(23,6-8-21)17(18,19)20/h3-4,9,14,22-23H,5-8,10-11H2,1-2H3. The van der Waals surface area contributed by atoms with E-state index in [2.05, 4.69) is 0 Å². The summed E-state index contributed by atoms with van der Waals surface area (Å²) in [6.07, 6.45) is -6.16. The highest BCUT2D eigenvalue weighted by Gasteiger charge is 2.54. The fraction of sp³-hybridized carbons (Fsp3) is 0.647. The second-order valence-electron chi connectivity index (χ2n) is 6.56. The molecule has 1 heterocycles. The zero-order valence-corrected chi connectivity index (χ0v) is 13.9. The molecule has 0 spiro atoms. The Morgan fingerprint density at radius 3 is 2.42 bits per heavy atom. The van der Waals surface area contributed by atoms with Crippen LogP contribution in [-0.4, -0.2) is 59.2 Å². The summed E-state index contributed by atoms with van der Waals surface area (Å²) in [5, 5.41) is 19.7. The molecule has 0 amide bonds. The van der Waals surface area contributed by atoms with Crippen molar-refractivity contribution in [3.8, 4) is 5.75 Å². The molecule has 1 fully saturated rings. The quantitative estimate of drug-likeness (QED) is 0.859. The summed E-state index contributed by atoms with van der Waals surface area (Å²) in [5.41, 5.74) is -0.523. The number of aryl methyl sites for hydroxylation is 2. The topological polar surface area (TPSA) is 52.9 Å². The van der Waals surface area contributed by atoms with Crippen molar-refractivity contribution in [2.24, 2.45) is 0 Å². The van der Waals surface area contributed by atoms with E-state index in [1.165, 1.54) is 0 Å². The maximum atomic E-state index is 12.8. The summed E-state index contributed by atoms with van der Waals surface area (Å²) in [7, 11) is 0. The lowest BCUT2D eigenvalue weighted by molar-refractivity contribution is -0.273. The summed E-state index contributed by atoms with van der Waals surface area (Å²) in [6.45, 7) is 4.37. The fourth-order valence-corrected chi connectivity index (χ4v) is 2.89. The molecule has 1 aliphatic heterocycles. The number of ether oxygens (including phenoxy) is 1. The van der Waals surface area contributed by atoms with Gasteiger partial charge in [-0.2, -0.15) is 13.2 Å². The number of aliphatic hydroxyl groups is 2. The lowest BCUT2D eigenvalue weighted by Crippen LogP contribution is -2.54. The largest absolute Gasteiger partial charge is 0.491 e. The van der Waals surface area contributed by atoms with Gasteiger partial charge in [0.05, 0.1) is 0 Å². The summed E-state index contributed by atoms with van der Waals surface area (Å²) in [4.78, 5) is 1.72. The van der Waals surface area contributed by atoms with Gasteiger partial charge in [0.2, 0.25) is 0 Å². The number of hydrogen-bond donors (Lipinski definition) is 2. The number of aliphatic hydroxyl groups excluding tert-OH is 1. The van der Waals surface area contributed by atoms with Crippen LogP contribution >= 0.6 is 0 Å². The molecule has 1 aliphatic rings. The van der Waals surface area contributed by atoms with Crippen molar-refractivity contribution in [2.75, 3.05) is 26.2 Å². The first-order valence-electron chi connectivity index (χ1n) is 8.00. The van der Waals surface area contributed by atoms with Crippen LogP contribution in [0.4, 0.5) is 13.2 Å². The lowest BCUT2D eigenvalue weighted by atomic mass is 9.90. The van der Waals surface area contributed by atoms with Crippen LogP contribution in [-0.2, 0) is 0 Å². The van der Waals surface area contributed by atoms with Gasteiger partial charge in [-0.3, -0.25) is 0 Å². The maximum Gasteiger partial charge on any atom is 0.417 e. The highest BCUT2D eigenvalue weighted by Crippen LogP contribution is 2.38. The van der Waals surface area contributed by atoms with Gasteiger partial charge in [-0.15, -0.1) is 0 Å². The third-order valence-electron chi connectivity index (χ3n) is 4.44. The van der Waals surface area contributed by atoms with E-state index in [1.54, 1.807) is 4.90 Å². The molecule has 1 aromatic carbocycles. The molecular weight excluding hydrogens is 323 g/mol. The monoisotopic (exact) mass is 347 g/mol. The highest BCUT2D eigenvalue weighted by molar-refractivity contribution is 5.35. The molecule has 2 rings (SSSR count). The smallest absolute Gasteiger partial charge is 0.417 e. The number of likely N-dealkylation sites (tertiary alicyclic amines) is 1. The molecule has 0 saturated carbocycles. The van der Waals surface area contributed by atoms with Crippen molar-refractivity contribution in [2.45, 2.75) is 44.6 Å². The molecule has 4 nitrogen and oxygen atoms in total. The molecule has 2 N–H and O–H groups in total. The van der Waals surface area contributed by atoms with E-state index in [4.69, 9.17) is 4.74 Å². The number of benzene rings is 1. The molecule has 0 aliphatic carbocycles. The Morgan fingerprint density at radius 2 is 1.88 bits per heavy atom. The van der Waals surface area contributed by atoms with Gasteiger partial charge < -0.3 is 19.8 Å². The molecule has 1 unspecified atom stereocenters. The van der Waals surface area contributed by atoms with Crippen molar-refractivity contribution in [1.82, 2.24) is 4.90 Å². The molecular formula is C17H24F3NO3. The predicted molar refractivity (Wildman–Crippen MR) is 84.1 cm³/mol. The van der Waals surface area contributed by atoms with Crippen LogP contribution in [0.15, 0.2) is 18.2 Å². The van der Waals surface area contributed by atoms with Crippen LogP contribution in [0, 0.1) is 13.8 Å². The van der Waals surface area contributed by atoms with Crippen LogP contribution in [0.25, 0.3) is 0 Å². The van der Waals surface area contributed by atoms with E-state index in [-0.39, 0.29) is 39.1 Å². The Balaban J connectivity index is 1.78. The molecule has 1 saturated heterocycles. The molecule has 7 heteroatoms. The van der Waals surface area contributed by atoms with Gasteiger partial charge in [0.25, 0.3) is 0 Å². The average molecular weight is 347 g/mol. The van der Waals surface area contributed by atoms with E-state index in [9.17, 15) is 23.4 Å². The second kappa shape index (κ2) is 7.29. The van der Waals surface area contributed by atoms with Crippen LogP contribution in [0.3, 0.4) is 0 Å². The van der Waals surface area contributed by atoms with Gasteiger partial charge >= 0.3 is 6.18 Å². The summed E-state index contributed by atoms with van der Waals surface area (Å²) < 4.78 is 43.8. The van der Waals surface area contributed by atoms with Crippen molar-refractivity contribution in [3.63, 3.8) is 0 Å². The van der Waals surface area contributed by atoms with Gasteiger partial charge in [-0.1, -0.05) is 17.7 Å². The van der Waals surface area contributed by atoms with Crippen molar-refractivity contribution in [3.05, 3.63) is 29.3 Å². The van der Waals surface area contributed by atoms with E-state index < -0.39 is 17.9 Å². The van der Waals surface area contributed by atoms with Crippen molar-refractivity contribution >= 4 is 0 Å². The highest BCUT2D eigenvalue weighted by atomic mass is 19.4. The normalized spacial score (nSPS) is 20.0. The maximum absolute atomic E-state index is 12.8. The summed E-state index contributed by atoms with van der Waals surface area (Å²) >= 11 is 0. The summed E-state index contributed by atoms with van der Waals surface area (Å²) in [6, 6.07) is 5.73. The van der Waals surface area contributed by atoms with Gasteiger partial charge in [0, 0.05) is 19.6 Å². The number of alkyl halides is 3. The zero-order chi connectivity index (χ0) is 18.0. The third kappa shape index (κ3) is 4.62. The van der Waals surface area contributed by atoms with E-state index in [0.29, 0.717) is 5.75 Å². The first-order chi connectivity index (χ1) is 11.1. The van der Waals surface area contributed by atoms with E-state index in [0.717, 1.165) is 11.1 Å². The molecule has 136 valence electrons. The third-order valence-corrected chi connectivity index (χ3v) is 4.44. The minimum Gasteiger partial charge on any atom is -0.491 e. The molecule has 0 aromatic heterocycles. The minimum absolute atomic E-state index is 0.0734. The van der Waals surface area contributed by atoms with Gasteiger partial charge in [-0.25, -0.2) is 0 Å². The average Bonchev–Trinajstić information content (AvgIpc) is 2.48. The van der Waals surface area contributed by atoms with Crippen LogP contribution in [0.1, 0.15) is 24.0 Å². The number of halogens is 3. The van der Waals surface area contributed by atoms with Gasteiger partial charge in [-0.05, 0) is 38.3 Å². The van der Waals surface area contributed by atoms with E-state index in [1.807, 2.05) is 32.0 Å². The molecule has 24 heavy (non-hydrogen) atoms. The molecule has 1 atom stereocenters. The Labute approximate surface area is 139 Å². The number of hydrogen-bond acceptors (Lipinski definition) is 4. The SMILES string of the molecule is Cc1ccc(OCC(O)CN2CCC(O)(C(F)(F)F)CC2)c(C)c1. The number of rotatable bonds is 5. The first-order valence-corrected chi connectivity index (χ1v) is 8.00. The van der Waals surface area contributed by atoms with Gasteiger partial charge in [0.1, 0.15) is 18.5 Å². The molecule has 1 aromatic rings. The number of piperidine rings is 1. The van der Waals surface area contributed by atoms with Crippen molar-refractivity contribution < 1.29 is 28.1 Å². The number of nitrogens with zero attached hydrogens (tertiary/aromatic N) is 1. The Hall–Kier alpha value is -1.31. The number of β-amino-alcohol motifs (C(OH)–C–C–N with tert-alkyl or cyclic N) is 1. The zero-order valence-electron chi connectivity index (χ0n) is 13.9. The van der Waals surface area contributed by atoms with E-state index >= 15 is 0 Å². The first kappa shape index (κ1) is 19.0. The van der Waals surface area contributed by atoms with Crippen LogP contribution in [0.2, 0.25) is 0 Å². The minimum atomic E-state index is -4.61. The Morgan fingerprint density at radius 1 is 1.25 bits per heavy atom. The molecule has 0 radical (unpaired) electrons. The van der Waals surface area contributed by atoms with Gasteiger partial charge in [0.15, 0.2) is 5.60 Å². The fourth-order valence-electron chi connectivity index (χ4n) is 2.89. The Bertz CT molecular complexity index is 555. The summed E-state index contributed by atoms with van der Waals surface area (Å²) in [5.74, 6) is 0.685. The second-order valence-corrected chi connectivity index (χ2v) is 6.56. The predicted octanol–water partition coefficient (Wildman–Crippen LogP) is 2.43. The molecule has 0 bridgehead atoms. The Kier molecular flexibility index (Phi) is 5.78. The van der Waals surface area contributed by atoms with Crippen LogP contribution in [0.5, 0.6) is 5.75 Å². The van der Waals surface area contributed by atoms with Crippen molar-refractivity contribution in [1.29, 1.82) is 0 Å². The van der Waals surface area contributed by atoms with Crippen LogP contribution < -0.4 is 4.74 Å². The lowest BCUT2D eigenvalue weighted by Gasteiger charge is -2.39.